The summed E-state index contributed by atoms with van der Waals surface area (Å²) in [6.45, 7) is 11.1. The Bertz CT molecular complexity index is 1360. The quantitative estimate of drug-likeness (QED) is 0.361. The predicted molar refractivity (Wildman–Crippen MR) is 146 cm³/mol. The molecule has 1 N–H and O–H groups in total. The summed E-state index contributed by atoms with van der Waals surface area (Å²) >= 11 is 0. The molecule has 2 aromatic carbocycles. The zero-order valence-electron chi connectivity index (χ0n) is 23.5. The molecule has 0 atom stereocenters. The summed E-state index contributed by atoms with van der Waals surface area (Å²) in [7, 11) is 4.63. The number of ether oxygens (including phenoxy) is 3. The SMILES string of the molecule is COc1cc(OC)c(CNC(=O)c2ccc(C(=O)c3cc4c(cc3C)C(C)(C)CCC4(C)C)o2)c(OC)c1. The van der Waals surface area contributed by atoms with Crippen LogP contribution in [-0.2, 0) is 17.4 Å². The highest BCUT2D eigenvalue weighted by Gasteiger charge is 2.38. The number of fused-ring (bicyclic) bond motifs is 1. The minimum Gasteiger partial charge on any atom is -0.496 e. The Morgan fingerprint density at radius 1 is 0.842 bits per heavy atom. The summed E-state index contributed by atoms with van der Waals surface area (Å²) in [5, 5.41) is 2.82. The van der Waals surface area contributed by atoms with Crippen LogP contribution in [0.1, 0.15) is 89.5 Å². The topological polar surface area (TPSA) is 87.0 Å². The fourth-order valence-corrected chi connectivity index (χ4v) is 5.19. The van der Waals surface area contributed by atoms with E-state index in [4.69, 9.17) is 18.6 Å². The van der Waals surface area contributed by atoms with E-state index < -0.39 is 5.91 Å². The first-order chi connectivity index (χ1) is 17.9. The summed E-state index contributed by atoms with van der Waals surface area (Å²) < 4.78 is 21.9. The smallest absolute Gasteiger partial charge is 0.287 e. The highest BCUT2D eigenvalue weighted by molar-refractivity contribution is 6.09. The van der Waals surface area contributed by atoms with Crippen LogP contribution in [0.3, 0.4) is 0 Å². The Hall–Kier alpha value is -3.74. The fourth-order valence-electron chi connectivity index (χ4n) is 5.19. The van der Waals surface area contributed by atoms with Gasteiger partial charge in [0.2, 0.25) is 5.78 Å². The second-order valence-electron chi connectivity index (χ2n) is 11.2. The molecule has 4 rings (SSSR count). The predicted octanol–water partition coefficient (Wildman–Crippen LogP) is 6.12. The average molecular weight is 520 g/mol. The minimum absolute atomic E-state index is 0.0225. The van der Waals surface area contributed by atoms with Crippen molar-refractivity contribution in [3.8, 4) is 17.2 Å². The Morgan fingerprint density at radius 2 is 1.39 bits per heavy atom. The van der Waals surface area contributed by atoms with Gasteiger partial charge in [-0.05, 0) is 65.5 Å². The molecule has 7 heteroatoms. The lowest BCUT2D eigenvalue weighted by molar-refractivity contribution is 0.0916. The molecule has 0 aliphatic heterocycles. The maximum atomic E-state index is 13.5. The van der Waals surface area contributed by atoms with Crippen LogP contribution in [0.2, 0.25) is 0 Å². The number of benzene rings is 2. The molecule has 0 spiro atoms. The molecule has 1 aromatic heterocycles. The van der Waals surface area contributed by atoms with Gasteiger partial charge >= 0.3 is 0 Å². The van der Waals surface area contributed by atoms with Crippen molar-refractivity contribution < 1.29 is 28.2 Å². The molecule has 0 bridgehead atoms. The largest absolute Gasteiger partial charge is 0.496 e. The van der Waals surface area contributed by atoms with E-state index in [1.165, 1.54) is 31.4 Å². The van der Waals surface area contributed by atoms with Gasteiger partial charge < -0.3 is 23.9 Å². The zero-order valence-corrected chi connectivity index (χ0v) is 23.5. The van der Waals surface area contributed by atoms with E-state index in [1.54, 1.807) is 25.3 Å². The van der Waals surface area contributed by atoms with Crippen molar-refractivity contribution in [2.24, 2.45) is 0 Å². The number of aryl methyl sites for hydroxylation is 1. The maximum absolute atomic E-state index is 13.5. The van der Waals surface area contributed by atoms with E-state index in [0.717, 1.165) is 18.4 Å². The van der Waals surface area contributed by atoms with Gasteiger partial charge in [-0.15, -0.1) is 0 Å². The number of hydrogen-bond donors (Lipinski definition) is 1. The second-order valence-corrected chi connectivity index (χ2v) is 11.2. The monoisotopic (exact) mass is 519 g/mol. The van der Waals surface area contributed by atoms with Crippen molar-refractivity contribution in [2.75, 3.05) is 21.3 Å². The van der Waals surface area contributed by atoms with Crippen molar-refractivity contribution in [3.05, 3.63) is 75.7 Å². The molecule has 3 aromatic rings. The Balaban J connectivity index is 1.56. The first-order valence-corrected chi connectivity index (χ1v) is 12.8. The Kier molecular flexibility index (Phi) is 7.33. The van der Waals surface area contributed by atoms with E-state index in [1.807, 2.05) is 13.0 Å². The Morgan fingerprint density at radius 3 is 1.95 bits per heavy atom. The van der Waals surface area contributed by atoms with Crippen LogP contribution in [0.4, 0.5) is 0 Å². The third kappa shape index (κ3) is 5.02. The van der Waals surface area contributed by atoms with E-state index >= 15 is 0 Å². The number of amides is 1. The Labute approximate surface area is 224 Å². The van der Waals surface area contributed by atoms with Gasteiger partial charge in [0.1, 0.15) is 17.2 Å². The molecule has 202 valence electrons. The number of carbonyl (C=O) groups is 2. The van der Waals surface area contributed by atoms with Gasteiger partial charge in [-0.2, -0.15) is 0 Å². The van der Waals surface area contributed by atoms with Gasteiger partial charge in [0.05, 0.1) is 33.4 Å². The lowest BCUT2D eigenvalue weighted by Crippen LogP contribution is -2.34. The van der Waals surface area contributed by atoms with Crippen LogP contribution in [0.15, 0.2) is 40.8 Å². The molecule has 1 aliphatic carbocycles. The molecule has 0 unspecified atom stereocenters. The van der Waals surface area contributed by atoms with Crippen LogP contribution < -0.4 is 19.5 Å². The van der Waals surface area contributed by atoms with Crippen molar-refractivity contribution in [1.29, 1.82) is 0 Å². The first-order valence-electron chi connectivity index (χ1n) is 12.8. The molecule has 38 heavy (non-hydrogen) atoms. The maximum Gasteiger partial charge on any atom is 0.287 e. The first kappa shape index (κ1) is 27.3. The number of ketones is 1. The fraction of sp³-hybridized carbons (Fsp3) is 0.419. The van der Waals surface area contributed by atoms with Crippen molar-refractivity contribution in [3.63, 3.8) is 0 Å². The number of methoxy groups -OCH3 is 3. The zero-order chi connectivity index (χ0) is 27.8. The van der Waals surface area contributed by atoms with Gasteiger partial charge in [-0.25, -0.2) is 0 Å². The van der Waals surface area contributed by atoms with Crippen molar-refractivity contribution in [2.45, 2.75) is 64.8 Å². The number of carbonyl (C=O) groups excluding carboxylic acids is 2. The number of nitrogens with one attached hydrogen (secondary N) is 1. The van der Waals surface area contributed by atoms with E-state index in [9.17, 15) is 9.59 Å². The van der Waals surface area contributed by atoms with Crippen molar-refractivity contribution >= 4 is 11.7 Å². The van der Waals surface area contributed by atoms with Gasteiger partial charge in [0.25, 0.3) is 5.91 Å². The van der Waals surface area contributed by atoms with Crippen LogP contribution in [0.5, 0.6) is 17.2 Å². The number of hydrogen-bond acceptors (Lipinski definition) is 6. The highest BCUT2D eigenvalue weighted by atomic mass is 16.5. The molecule has 1 aliphatic rings. The molecular weight excluding hydrogens is 482 g/mol. The standard InChI is InChI=1S/C31H37NO6/c1-18-13-22-23(31(4,5)12-11-30(22,2)3)16-20(18)28(33)24-9-10-25(38-24)29(34)32-17-21-26(36-7)14-19(35-6)15-27(21)37-8/h9-10,13-16H,11-12,17H2,1-8H3,(H,32,34). The summed E-state index contributed by atoms with van der Waals surface area (Å²) in [5.74, 6) is 1.11. The van der Waals surface area contributed by atoms with Crippen molar-refractivity contribution in [1.82, 2.24) is 5.32 Å². The second kappa shape index (κ2) is 10.2. The van der Waals surface area contributed by atoms with Crippen LogP contribution in [0, 0.1) is 6.92 Å². The molecule has 0 saturated heterocycles. The van der Waals surface area contributed by atoms with Crippen LogP contribution >= 0.6 is 0 Å². The molecule has 1 amide bonds. The summed E-state index contributed by atoms with van der Waals surface area (Å²) in [6.07, 6.45) is 2.16. The van der Waals surface area contributed by atoms with E-state index in [2.05, 4.69) is 39.1 Å². The third-order valence-electron chi connectivity index (χ3n) is 7.74. The molecule has 1 heterocycles. The molecule has 0 saturated carbocycles. The number of rotatable bonds is 8. The van der Waals surface area contributed by atoms with E-state index in [0.29, 0.717) is 28.4 Å². The molecule has 7 nitrogen and oxygen atoms in total. The lowest BCUT2D eigenvalue weighted by atomic mass is 9.62. The van der Waals surface area contributed by atoms with E-state index in [-0.39, 0.29) is 34.7 Å². The van der Waals surface area contributed by atoms with Gasteiger partial charge in [-0.1, -0.05) is 33.8 Å². The summed E-state index contributed by atoms with van der Waals surface area (Å²) in [6, 6.07) is 10.7. The van der Waals surface area contributed by atoms with Gasteiger partial charge in [0.15, 0.2) is 11.5 Å². The third-order valence-corrected chi connectivity index (χ3v) is 7.74. The molecule has 0 fully saturated rings. The van der Waals surface area contributed by atoms with Crippen LogP contribution in [0.25, 0.3) is 0 Å². The lowest BCUT2D eigenvalue weighted by Gasteiger charge is -2.42. The average Bonchev–Trinajstić information content (AvgIpc) is 3.39. The van der Waals surface area contributed by atoms with Crippen LogP contribution in [-0.4, -0.2) is 33.0 Å². The van der Waals surface area contributed by atoms with Gasteiger partial charge in [-0.3, -0.25) is 9.59 Å². The summed E-state index contributed by atoms with van der Waals surface area (Å²) in [5.41, 5.74) is 4.70. The normalized spacial score (nSPS) is 15.4. The highest BCUT2D eigenvalue weighted by Crippen LogP contribution is 2.46. The minimum atomic E-state index is -0.450. The van der Waals surface area contributed by atoms with Gasteiger partial charge in [0, 0.05) is 17.7 Å². The molecule has 0 radical (unpaired) electrons. The number of furan rings is 1. The molecular formula is C31H37NO6. The summed E-state index contributed by atoms with van der Waals surface area (Å²) in [4.78, 5) is 26.4.